The molecular weight excluding hydrogens is 524 g/mol. The van der Waals surface area contributed by atoms with Gasteiger partial charge in [-0.15, -0.1) is 0 Å². The molecule has 0 aliphatic heterocycles. The van der Waals surface area contributed by atoms with Gasteiger partial charge in [0.25, 0.3) is 0 Å². The van der Waals surface area contributed by atoms with Crippen LogP contribution in [0.15, 0.2) is 125 Å². The predicted molar refractivity (Wildman–Crippen MR) is 153 cm³/mol. The van der Waals surface area contributed by atoms with Crippen LogP contribution in [0.4, 0.5) is 5.95 Å². The molecule has 0 radical (unpaired) electrons. The van der Waals surface area contributed by atoms with E-state index in [-0.39, 0.29) is 0 Å². The number of hydrogen-bond donors (Lipinski definition) is 1. The molecule has 2 heterocycles. The molecule has 0 atom stereocenters. The minimum absolute atomic E-state index is 0.418. The lowest BCUT2D eigenvalue weighted by atomic mass is 10.1. The van der Waals surface area contributed by atoms with E-state index in [4.69, 9.17) is 10.1 Å². The molecule has 0 aliphatic rings. The monoisotopic (exact) mass is 544 g/mol. The number of hydrogen-bond acceptors (Lipinski definition) is 5. The van der Waals surface area contributed by atoms with E-state index >= 15 is 0 Å². The summed E-state index contributed by atoms with van der Waals surface area (Å²) >= 11 is 3.57. The highest BCUT2D eigenvalue weighted by atomic mass is 79.9. The van der Waals surface area contributed by atoms with Crippen molar-refractivity contribution < 1.29 is 0 Å². The Balaban J connectivity index is 1.37. The first-order chi connectivity index (χ1) is 18.2. The lowest BCUT2D eigenvalue weighted by molar-refractivity contribution is 0.884. The molecule has 7 heteroatoms. The molecule has 0 saturated heterocycles. The first-order valence-corrected chi connectivity index (χ1v) is 12.6. The van der Waals surface area contributed by atoms with Gasteiger partial charge >= 0.3 is 0 Å². The maximum atomic E-state index is 4.84. The molecule has 0 bridgehead atoms. The Morgan fingerprint density at radius 3 is 2.08 bits per heavy atom. The summed E-state index contributed by atoms with van der Waals surface area (Å²) in [5.41, 5.74) is 9.41. The van der Waals surface area contributed by atoms with Crippen LogP contribution in [0.2, 0.25) is 0 Å². The molecule has 0 amide bonds. The van der Waals surface area contributed by atoms with Crippen molar-refractivity contribution in [1.29, 1.82) is 0 Å². The third-order valence-electron chi connectivity index (χ3n) is 5.88. The van der Waals surface area contributed by atoms with E-state index in [9.17, 15) is 0 Å². The fraction of sp³-hybridized carbons (Fsp3) is 0. The molecule has 6 rings (SSSR count). The standard InChI is InChI=1S/C30H21BrN6/c31-24-16-17-27-26(18-24)29(22-12-6-2-7-13-22)34-30(33-27)35-32-19-23-20-37(25-14-8-3-9-15-25)36-28(23)21-10-4-1-5-11-21/h1-20H,(H,33,34,35). The zero-order valence-electron chi connectivity index (χ0n) is 19.7. The van der Waals surface area contributed by atoms with E-state index in [0.29, 0.717) is 5.95 Å². The van der Waals surface area contributed by atoms with Gasteiger partial charge in [-0.3, -0.25) is 0 Å². The van der Waals surface area contributed by atoms with E-state index in [1.807, 2.05) is 120 Å². The number of aromatic nitrogens is 4. The summed E-state index contributed by atoms with van der Waals surface area (Å²) in [6.45, 7) is 0. The Morgan fingerprint density at radius 2 is 1.38 bits per heavy atom. The molecule has 0 aliphatic carbocycles. The van der Waals surface area contributed by atoms with Crippen LogP contribution in [0.25, 0.3) is 39.1 Å². The summed E-state index contributed by atoms with van der Waals surface area (Å²) in [5.74, 6) is 0.418. The maximum Gasteiger partial charge on any atom is 0.244 e. The number of para-hydroxylation sites is 1. The normalized spacial score (nSPS) is 11.3. The van der Waals surface area contributed by atoms with Crippen molar-refractivity contribution in [3.8, 4) is 28.2 Å². The number of halogens is 1. The fourth-order valence-electron chi connectivity index (χ4n) is 4.14. The number of nitrogens with one attached hydrogen (secondary N) is 1. The van der Waals surface area contributed by atoms with Gasteiger partial charge in [-0.25, -0.2) is 20.1 Å². The van der Waals surface area contributed by atoms with Crippen LogP contribution in [0.5, 0.6) is 0 Å². The van der Waals surface area contributed by atoms with Gasteiger partial charge in [-0.1, -0.05) is 94.8 Å². The molecule has 37 heavy (non-hydrogen) atoms. The second-order valence-electron chi connectivity index (χ2n) is 8.37. The van der Waals surface area contributed by atoms with Crippen LogP contribution in [0.3, 0.4) is 0 Å². The average molecular weight is 545 g/mol. The molecule has 2 aromatic heterocycles. The molecule has 178 valence electrons. The quantitative estimate of drug-likeness (QED) is 0.175. The van der Waals surface area contributed by atoms with Gasteiger partial charge in [0.15, 0.2) is 0 Å². The van der Waals surface area contributed by atoms with Crippen molar-refractivity contribution in [3.63, 3.8) is 0 Å². The lowest BCUT2D eigenvalue weighted by Crippen LogP contribution is -2.00. The molecule has 4 aromatic carbocycles. The summed E-state index contributed by atoms with van der Waals surface area (Å²) < 4.78 is 2.84. The molecular formula is C30H21BrN6. The third kappa shape index (κ3) is 4.90. The van der Waals surface area contributed by atoms with E-state index in [1.165, 1.54) is 0 Å². The topological polar surface area (TPSA) is 68.0 Å². The summed E-state index contributed by atoms with van der Waals surface area (Å²) in [4.78, 5) is 9.49. The Bertz CT molecular complexity index is 1700. The number of hydrazone groups is 1. The number of anilines is 1. The zero-order valence-corrected chi connectivity index (χ0v) is 21.2. The second kappa shape index (κ2) is 10.2. The van der Waals surface area contributed by atoms with Gasteiger partial charge in [0.2, 0.25) is 5.95 Å². The van der Waals surface area contributed by atoms with E-state index in [2.05, 4.69) is 31.4 Å². The molecule has 6 aromatic rings. The van der Waals surface area contributed by atoms with E-state index < -0.39 is 0 Å². The molecule has 0 saturated carbocycles. The summed E-state index contributed by atoms with van der Waals surface area (Å²) in [7, 11) is 0. The van der Waals surface area contributed by atoms with Crippen LogP contribution in [-0.2, 0) is 0 Å². The Morgan fingerprint density at radius 1 is 0.730 bits per heavy atom. The molecule has 1 N–H and O–H groups in total. The van der Waals surface area contributed by atoms with Crippen molar-refractivity contribution in [2.24, 2.45) is 5.10 Å². The lowest BCUT2D eigenvalue weighted by Gasteiger charge is -2.09. The SMILES string of the molecule is Brc1ccc2nc(NN=Cc3cn(-c4ccccc4)nc3-c3ccccc3)nc(-c3ccccc3)c2c1. The zero-order chi connectivity index (χ0) is 25.0. The minimum Gasteiger partial charge on any atom is -0.245 e. The Kier molecular flexibility index (Phi) is 6.27. The molecule has 6 nitrogen and oxygen atoms in total. The van der Waals surface area contributed by atoms with Crippen molar-refractivity contribution in [3.05, 3.63) is 125 Å². The maximum absolute atomic E-state index is 4.84. The van der Waals surface area contributed by atoms with Crippen molar-refractivity contribution in [2.75, 3.05) is 5.43 Å². The van der Waals surface area contributed by atoms with E-state index in [0.717, 1.165) is 49.1 Å². The average Bonchev–Trinajstić information content (AvgIpc) is 3.38. The molecule has 0 fully saturated rings. The fourth-order valence-corrected chi connectivity index (χ4v) is 4.50. The number of benzene rings is 4. The van der Waals surface area contributed by atoms with Gasteiger partial charge in [0.1, 0.15) is 5.69 Å². The van der Waals surface area contributed by atoms with Crippen LogP contribution in [-0.4, -0.2) is 26.0 Å². The second-order valence-corrected chi connectivity index (χ2v) is 9.29. The summed E-state index contributed by atoms with van der Waals surface area (Å²) in [5, 5.41) is 10.3. The van der Waals surface area contributed by atoms with Gasteiger partial charge < -0.3 is 0 Å². The number of fused-ring (bicyclic) bond motifs is 1. The van der Waals surface area contributed by atoms with Crippen molar-refractivity contribution >= 4 is 39.0 Å². The number of rotatable bonds is 6. The van der Waals surface area contributed by atoms with Crippen LogP contribution < -0.4 is 5.43 Å². The van der Waals surface area contributed by atoms with Gasteiger partial charge in [-0.2, -0.15) is 10.2 Å². The summed E-state index contributed by atoms with van der Waals surface area (Å²) in [6.07, 6.45) is 3.73. The molecule has 0 unspecified atom stereocenters. The first kappa shape index (κ1) is 22.8. The Labute approximate surface area is 222 Å². The molecule has 0 spiro atoms. The number of nitrogens with zero attached hydrogens (tertiary/aromatic N) is 5. The highest BCUT2D eigenvalue weighted by Crippen LogP contribution is 2.29. The third-order valence-corrected chi connectivity index (χ3v) is 6.38. The van der Waals surface area contributed by atoms with Crippen LogP contribution >= 0.6 is 15.9 Å². The van der Waals surface area contributed by atoms with Gasteiger partial charge in [-0.05, 0) is 30.3 Å². The smallest absolute Gasteiger partial charge is 0.244 e. The van der Waals surface area contributed by atoms with Crippen LogP contribution in [0, 0.1) is 0 Å². The highest BCUT2D eigenvalue weighted by molar-refractivity contribution is 9.10. The van der Waals surface area contributed by atoms with E-state index in [1.54, 1.807) is 6.21 Å². The first-order valence-electron chi connectivity index (χ1n) is 11.8. The van der Waals surface area contributed by atoms with Gasteiger partial charge in [0, 0.05) is 32.7 Å². The Hall–Kier alpha value is -4.62. The largest absolute Gasteiger partial charge is 0.245 e. The summed E-state index contributed by atoms with van der Waals surface area (Å²) in [6, 6.07) is 36.2. The highest BCUT2D eigenvalue weighted by Gasteiger charge is 2.12. The predicted octanol–water partition coefficient (Wildman–Crippen LogP) is 7.36. The van der Waals surface area contributed by atoms with Crippen molar-refractivity contribution in [2.45, 2.75) is 0 Å². The van der Waals surface area contributed by atoms with Crippen LogP contribution in [0.1, 0.15) is 5.56 Å². The van der Waals surface area contributed by atoms with Gasteiger partial charge in [0.05, 0.1) is 23.1 Å². The van der Waals surface area contributed by atoms with Crippen molar-refractivity contribution in [1.82, 2.24) is 19.7 Å². The minimum atomic E-state index is 0.418.